The summed E-state index contributed by atoms with van der Waals surface area (Å²) in [6.07, 6.45) is 3.58. The molecule has 0 unspecified atom stereocenters. The number of anilines is 1. The minimum atomic E-state index is -0.124. The van der Waals surface area contributed by atoms with Crippen molar-refractivity contribution in [3.63, 3.8) is 0 Å². The Balaban J connectivity index is 0.00000272. The van der Waals surface area contributed by atoms with Crippen molar-refractivity contribution in [2.45, 2.75) is 26.2 Å². The van der Waals surface area contributed by atoms with E-state index in [-0.39, 0.29) is 29.4 Å². The number of guanidine groups is 1. The highest BCUT2D eigenvalue weighted by atomic mass is 127. The third-order valence-electron chi connectivity index (χ3n) is 5.53. The Kier molecular flexibility index (Phi) is 7.79. The summed E-state index contributed by atoms with van der Waals surface area (Å²) in [5, 5.41) is 3.45. The molecule has 0 saturated carbocycles. The van der Waals surface area contributed by atoms with Gasteiger partial charge < -0.3 is 24.6 Å². The van der Waals surface area contributed by atoms with Crippen LogP contribution in [0.15, 0.2) is 41.7 Å². The first-order chi connectivity index (χ1) is 14.6. The number of aromatic nitrogens is 2. The largest absolute Gasteiger partial charge is 0.454 e. The first kappa shape index (κ1) is 23.4. The Hall–Kier alpha value is -2.30. The zero-order chi connectivity index (χ0) is 21.0. The van der Waals surface area contributed by atoms with Crippen LogP contribution in [-0.4, -0.2) is 66.9 Å². The second-order valence-electron chi connectivity index (χ2n) is 8.14. The van der Waals surface area contributed by atoms with E-state index in [9.17, 15) is 0 Å². The summed E-state index contributed by atoms with van der Waals surface area (Å²) in [6.45, 7) is 11.9. The molecule has 1 fully saturated rings. The summed E-state index contributed by atoms with van der Waals surface area (Å²) >= 11 is 0. The molecule has 0 radical (unpaired) electrons. The first-order valence-electron chi connectivity index (χ1n) is 10.5. The van der Waals surface area contributed by atoms with Crippen LogP contribution < -0.4 is 19.7 Å². The highest BCUT2D eigenvalue weighted by molar-refractivity contribution is 14.0. The fourth-order valence-corrected chi connectivity index (χ4v) is 3.68. The number of nitrogens with zero attached hydrogens (tertiary/aromatic N) is 5. The fourth-order valence-electron chi connectivity index (χ4n) is 3.68. The maximum atomic E-state index is 5.55. The van der Waals surface area contributed by atoms with E-state index in [1.807, 2.05) is 12.1 Å². The van der Waals surface area contributed by atoms with Crippen LogP contribution in [0.25, 0.3) is 0 Å². The van der Waals surface area contributed by atoms with Crippen LogP contribution in [0.2, 0.25) is 0 Å². The molecule has 1 saturated heterocycles. The molecule has 3 heterocycles. The third-order valence-corrected chi connectivity index (χ3v) is 5.53. The lowest BCUT2D eigenvalue weighted by Crippen LogP contribution is -2.53. The maximum absolute atomic E-state index is 5.55. The molecule has 2 aromatic rings. The molecule has 2 aliphatic rings. The van der Waals surface area contributed by atoms with Crippen molar-refractivity contribution in [2.24, 2.45) is 4.99 Å². The van der Waals surface area contributed by atoms with Crippen molar-refractivity contribution in [2.75, 3.05) is 51.0 Å². The van der Waals surface area contributed by atoms with Gasteiger partial charge in [0, 0.05) is 50.5 Å². The molecule has 31 heavy (non-hydrogen) atoms. The minimum Gasteiger partial charge on any atom is -0.454 e. The monoisotopic (exact) mass is 538 g/mol. The van der Waals surface area contributed by atoms with Gasteiger partial charge in [-0.25, -0.2) is 9.97 Å². The Morgan fingerprint density at radius 1 is 1.10 bits per heavy atom. The molecule has 0 amide bonds. The highest BCUT2D eigenvalue weighted by Crippen LogP contribution is 2.36. The number of ether oxygens (including phenoxy) is 2. The second kappa shape index (κ2) is 10.3. The quantitative estimate of drug-likeness (QED) is 0.357. The number of rotatable bonds is 5. The number of piperazine rings is 1. The molecule has 4 rings (SSSR count). The normalized spacial score (nSPS) is 16.2. The smallest absolute Gasteiger partial charge is 0.231 e. The van der Waals surface area contributed by atoms with Crippen LogP contribution in [0.4, 0.5) is 5.95 Å². The lowest BCUT2D eigenvalue weighted by Gasteiger charge is -2.37. The van der Waals surface area contributed by atoms with Crippen LogP contribution in [0, 0.1) is 0 Å². The number of hydrogen-bond donors (Lipinski definition) is 1. The number of fused-ring (bicyclic) bond motifs is 1. The molecule has 1 aromatic carbocycles. The van der Waals surface area contributed by atoms with Crippen LogP contribution in [0.5, 0.6) is 11.5 Å². The molecular weight excluding hydrogens is 507 g/mol. The van der Waals surface area contributed by atoms with Crippen molar-refractivity contribution in [1.29, 1.82) is 0 Å². The first-order valence-corrected chi connectivity index (χ1v) is 10.5. The van der Waals surface area contributed by atoms with E-state index in [0.717, 1.165) is 56.1 Å². The molecule has 168 valence electrons. The predicted octanol–water partition coefficient (Wildman–Crippen LogP) is 2.89. The van der Waals surface area contributed by atoms with Gasteiger partial charge in [-0.2, -0.15) is 0 Å². The Morgan fingerprint density at radius 2 is 1.81 bits per heavy atom. The second-order valence-corrected chi connectivity index (χ2v) is 8.14. The molecule has 0 aliphatic carbocycles. The van der Waals surface area contributed by atoms with Crippen LogP contribution in [0.1, 0.15) is 26.3 Å². The topological polar surface area (TPSA) is 75.1 Å². The number of hydrogen-bond acceptors (Lipinski definition) is 6. The van der Waals surface area contributed by atoms with Gasteiger partial charge in [0.25, 0.3) is 0 Å². The van der Waals surface area contributed by atoms with Gasteiger partial charge in [-0.15, -0.1) is 24.0 Å². The predicted molar refractivity (Wildman–Crippen MR) is 133 cm³/mol. The van der Waals surface area contributed by atoms with Gasteiger partial charge in [0.1, 0.15) is 0 Å². The molecule has 2 aliphatic heterocycles. The van der Waals surface area contributed by atoms with E-state index in [1.165, 1.54) is 5.56 Å². The summed E-state index contributed by atoms with van der Waals surface area (Å²) in [5.74, 6) is 3.38. The van der Waals surface area contributed by atoms with Gasteiger partial charge in [0.2, 0.25) is 12.7 Å². The van der Waals surface area contributed by atoms with Gasteiger partial charge in [-0.05, 0) is 30.7 Å². The average molecular weight is 538 g/mol. The maximum Gasteiger partial charge on any atom is 0.231 e. The zero-order valence-electron chi connectivity index (χ0n) is 18.4. The van der Waals surface area contributed by atoms with Gasteiger partial charge >= 0.3 is 0 Å². The van der Waals surface area contributed by atoms with Crippen molar-refractivity contribution in [3.8, 4) is 11.5 Å². The molecule has 0 spiro atoms. The Labute approximate surface area is 201 Å². The number of nitrogens with one attached hydrogen (secondary N) is 1. The molecule has 0 atom stereocenters. The van der Waals surface area contributed by atoms with E-state index < -0.39 is 0 Å². The average Bonchev–Trinajstić information content (AvgIpc) is 3.25. The summed E-state index contributed by atoms with van der Waals surface area (Å²) in [6, 6.07) is 8.01. The van der Waals surface area contributed by atoms with Gasteiger partial charge in [0.15, 0.2) is 17.5 Å². The molecule has 1 aromatic heterocycles. The standard InChI is InChI=1S/C22H30N6O2.HI/c1-4-23-20(27-10-12-28(13-11-27)21-24-8-5-9-25-21)26-15-22(2,3)17-6-7-18-19(14-17)30-16-29-18;/h5-9,14H,4,10-13,15-16H2,1-3H3,(H,23,26);1H. The van der Waals surface area contributed by atoms with Crippen molar-refractivity contribution in [3.05, 3.63) is 42.2 Å². The van der Waals surface area contributed by atoms with Gasteiger partial charge in [0.05, 0.1) is 6.54 Å². The van der Waals surface area contributed by atoms with E-state index in [1.54, 1.807) is 12.4 Å². The number of benzene rings is 1. The summed E-state index contributed by atoms with van der Waals surface area (Å²) in [7, 11) is 0. The van der Waals surface area contributed by atoms with Gasteiger partial charge in [-0.1, -0.05) is 19.9 Å². The fraction of sp³-hybridized carbons (Fsp3) is 0.500. The molecule has 9 heteroatoms. The summed E-state index contributed by atoms with van der Waals surface area (Å²) in [5.41, 5.74) is 1.07. The zero-order valence-corrected chi connectivity index (χ0v) is 20.7. The van der Waals surface area contributed by atoms with E-state index >= 15 is 0 Å². The van der Waals surface area contributed by atoms with Crippen molar-refractivity contribution >= 4 is 35.9 Å². The molecular formula is C22H31IN6O2. The Bertz CT molecular complexity index is 885. The van der Waals surface area contributed by atoms with Crippen LogP contribution in [-0.2, 0) is 5.41 Å². The number of aliphatic imine (C=N–C) groups is 1. The lowest BCUT2D eigenvalue weighted by atomic mass is 9.84. The lowest BCUT2D eigenvalue weighted by molar-refractivity contribution is 0.174. The molecule has 0 bridgehead atoms. The van der Waals surface area contributed by atoms with Gasteiger partial charge in [-0.3, -0.25) is 4.99 Å². The Morgan fingerprint density at radius 3 is 2.52 bits per heavy atom. The summed E-state index contributed by atoms with van der Waals surface area (Å²) in [4.78, 5) is 18.3. The third kappa shape index (κ3) is 5.50. The van der Waals surface area contributed by atoms with Crippen molar-refractivity contribution in [1.82, 2.24) is 20.2 Å². The van der Waals surface area contributed by atoms with Crippen molar-refractivity contribution < 1.29 is 9.47 Å². The minimum absolute atomic E-state index is 0. The highest BCUT2D eigenvalue weighted by Gasteiger charge is 2.26. The van der Waals surface area contributed by atoms with Crippen LogP contribution in [0.3, 0.4) is 0 Å². The SMILES string of the molecule is CCNC(=NCC(C)(C)c1ccc2c(c1)OCO2)N1CCN(c2ncccn2)CC1.I. The molecule has 1 N–H and O–H groups in total. The number of halogens is 1. The molecule has 8 nitrogen and oxygen atoms in total. The summed E-state index contributed by atoms with van der Waals surface area (Å²) < 4.78 is 11.0. The van der Waals surface area contributed by atoms with E-state index in [0.29, 0.717) is 13.3 Å². The van der Waals surface area contributed by atoms with Crippen LogP contribution >= 0.6 is 24.0 Å². The van der Waals surface area contributed by atoms with E-state index in [4.69, 9.17) is 14.5 Å². The van der Waals surface area contributed by atoms with E-state index in [2.05, 4.69) is 58.0 Å².